The van der Waals surface area contributed by atoms with E-state index >= 15 is 0 Å². The van der Waals surface area contributed by atoms with Crippen LogP contribution in [0.4, 0.5) is 0 Å². The van der Waals surface area contributed by atoms with Crippen LogP contribution in [0.15, 0.2) is 24.8 Å². The van der Waals surface area contributed by atoms with Gasteiger partial charge in [0, 0.05) is 25.7 Å². The maximum absolute atomic E-state index is 6.24. The van der Waals surface area contributed by atoms with Crippen molar-refractivity contribution in [3.63, 3.8) is 0 Å². The van der Waals surface area contributed by atoms with E-state index in [2.05, 4.69) is 52.3 Å². The molecule has 28 heavy (non-hydrogen) atoms. The van der Waals surface area contributed by atoms with Gasteiger partial charge < -0.3 is 23.4 Å². The second kappa shape index (κ2) is 9.62. The Morgan fingerprint density at radius 3 is 2.64 bits per heavy atom. The Kier molecular flexibility index (Phi) is 7.73. The zero-order valence-corrected chi connectivity index (χ0v) is 18.9. The van der Waals surface area contributed by atoms with Gasteiger partial charge in [0.25, 0.3) is 0 Å². The number of methoxy groups -OCH3 is 1. The highest BCUT2D eigenvalue weighted by Gasteiger charge is 2.37. The first-order valence-electron chi connectivity index (χ1n) is 9.49. The van der Waals surface area contributed by atoms with Gasteiger partial charge in [0.2, 0.25) is 6.79 Å². The van der Waals surface area contributed by atoms with Crippen molar-refractivity contribution in [2.45, 2.75) is 51.4 Å². The average Bonchev–Trinajstić information content (AvgIpc) is 3.09. The van der Waals surface area contributed by atoms with Gasteiger partial charge in [-0.3, -0.25) is 0 Å². The van der Waals surface area contributed by atoms with Crippen molar-refractivity contribution in [3.05, 3.63) is 30.3 Å². The van der Waals surface area contributed by atoms with Crippen LogP contribution >= 0.6 is 0 Å². The van der Waals surface area contributed by atoms with E-state index in [0.29, 0.717) is 18.6 Å². The summed E-state index contributed by atoms with van der Waals surface area (Å²) in [4.78, 5) is 0. The molecule has 1 atom stereocenters. The van der Waals surface area contributed by atoms with Crippen molar-refractivity contribution in [1.29, 1.82) is 0 Å². The minimum Gasteiger partial charge on any atom is -0.454 e. The van der Waals surface area contributed by atoms with Gasteiger partial charge >= 0.3 is 0 Å². The van der Waals surface area contributed by atoms with Gasteiger partial charge in [-0.2, -0.15) is 0 Å². The van der Waals surface area contributed by atoms with Crippen LogP contribution in [0.2, 0.25) is 18.1 Å². The molecule has 0 saturated heterocycles. The van der Waals surface area contributed by atoms with Crippen molar-refractivity contribution in [1.82, 2.24) is 0 Å². The van der Waals surface area contributed by atoms with E-state index in [9.17, 15) is 0 Å². The molecular formula is C22H32O5Si. The largest absolute Gasteiger partial charge is 0.454 e. The van der Waals surface area contributed by atoms with E-state index in [1.807, 2.05) is 18.2 Å². The standard InChI is InChI=1S/C22H32O5Si/c1-17(18-9-11-20-21(14-18)26-16-25-20)8-10-19(24-15-23-5)12-13-27-28(6,7)22(2,3)4/h9,11,14,19H,1,12-13,15-16H2,2-7H3. The molecule has 154 valence electrons. The van der Waals surface area contributed by atoms with Gasteiger partial charge in [-0.25, -0.2) is 0 Å². The smallest absolute Gasteiger partial charge is 0.231 e. The van der Waals surface area contributed by atoms with Crippen LogP contribution < -0.4 is 9.47 Å². The number of benzene rings is 1. The van der Waals surface area contributed by atoms with Crippen LogP contribution in [-0.4, -0.2) is 41.7 Å². The van der Waals surface area contributed by atoms with E-state index in [1.165, 1.54) is 0 Å². The van der Waals surface area contributed by atoms with Gasteiger partial charge in [0.05, 0.1) is 0 Å². The van der Waals surface area contributed by atoms with Crippen LogP contribution in [0.25, 0.3) is 5.57 Å². The predicted molar refractivity (Wildman–Crippen MR) is 114 cm³/mol. The minimum atomic E-state index is -1.79. The third-order valence-corrected chi connectivity index (χ3v) is 9.68. The lowest BCUT2D eigenvalue weighted by Crippen LogP contribution is -2.41. The molecular weight excluding hydrogens is 372 g/mol. The zero-order chi connectivity index (χ0) is 20.8. The van der Waals surface area contributed by atoms with Crippen LogP contribution in [0.1, 0.15) is 32.8 Å². The summed E-state index contributed by atoms with van der Waals surface area (Å²) in [7, 11) is -0.189. The summed E-state index contributed by atoms with van der Waals surface area (Å²) in [5.74, 6) is 7.73. The summed E-state index contributed by atoms with van der Waals surface area (Å²) in [5.41, 5.74) is 1.61. The highest BCUT2D eigenvalue weighted by molar-refractivity contribution is 6.74. The van der Waals surface area contributed by atoms with Gasteiger partial charge in [-0.15, -0.1) is 0 Å². The van der Waals surface area contributed by atoms with Gasteiger partial charge in [0.1, 0.15) is 12.9 Å². The Hall–Kier alpha value is -1.78. The molecule has 0 spiro atoms. The molecule has 1 aliphatic heterocycles. The topological polar surface area (TPSA) is 46.2 Å². The Labute approximate surface area is 170 Å². The fourth-order valence-corrected chi connectivity index (χ4v) is 3.37. The molecule has 0 bridgehead atoms. The molecule has 0 saturated carbocycles. The van der Waals surface area contributed by atoms with E-state index < -0.39 is 8.32 Å². The fourth-order valence-electron chi connectivity index (χ4n) is 2.31. The molecule has 0 fully saturated rings. The molecule has 0 N–H and O–H groups in total. The summed E-state index contributed by atoms with van der Waals surface area (Å²) in [6.45, 7) is 16.3. The first-order valence-corrected chi connectivity index (χ1v) is 12.4. The third-order valence-electron chi connectivity index (χ3n) is 5.14. The minimum absolute atomic E-state index is 0.176. The van der Waals surface area contributed by atoms with E-state index in [1.54, 1.807) is 7.11 Å². The van der Waals surface area contributed by atoms with Crippen LogP contribution in [0.3, 0.4) is 0 Å². The number of allylic oxidation sites excluding steroid dienone is 1. The molecule has 1 aromatic rings. The predicted octanol–water partition coefficient (Wildman–Crippen LogP) is 4.83. The van der Waals surface area contributed by atoms with Crippen LogP contribution in [-0.2, 0) is 13.9 Å². The molecule has 1 heterocycles. The maximum atomic E-state index is 6.24. The number of rotatable bonds is 8. The molecule has 0 amide bonds. The van der Waals surface area contributed by atoms with Gasteiger partial charge in [-0.05, 0) is 41.9 Å². The van der Waals surface area contributed by atoms with Crippen molar-refractivity contribution in [3.8, 4) is 23.3 Å². The molecule has 1 unspecified atom stereocenters. The number of hydrogen-bond acceptors (Lipinski definition) is 5. The molecule has 0 aromatic heterocycles. The van der Waals surface area contributed by atoms with Crippen LogP contribution in [0.5, 0.6) is 11.5 Å². The highest BCUT2D eigenvalue weighted by Crippen LogP contribution is 2.36. The van der Waals surface area contributed by atoms with E-state index in [4.69, 9.17) is 23.4 Å². The summed E-state index contributed by atoms with van der Waals surface area (Å²) in [5, 5.41) is 0.176. The monoisotopic (exact) mass is 404 g/mol. The van der Waals surface area contributed by atoms with E-state index in [-0.39, 0.29) is 24.7 Å². The Morgan fingerprint density at radius 1 is 1.25 bits per heavy atom. The summed E-state index contributed by atoms with van der Waals surface area (Å²) in [6.07, 6.45) is 0.396. The molecule has 1 aliphatic rings. The normalized spacial score (nSPS) is 14.4. The number of fused-ring (bicyclic) bond motifs is 1. The van der Waals surface area contributed by atoms with Crippen molar-refractivity contribution < 1.29 is 23.4 Å². The number of hydrogen-bond donors (Lipinski definition) is 0. The third kappa shape index (κ3) is 6.11. The second-order valence-corrected chi connectivity index (χ2v) is 13.1. The lowest BCUT2D eigenvalue weighted by atomic mass is 10.1. The van der Waals surface area contributed by atoms with Gasteiger partial charge in [-0.1, -0.05) is 39.2 Å². The Morgan fingerprint density at radius 2 is 1.96 bits per heavy atom. The molecule has 5 nitrogen and oxygen atoms in total. The maximum Gasteiger partial charge on any atom is 0.231 e. The molecule has 6 heteroatoms. The average molecular weight is 405 g/mol. The molecule has 2 rings (SSSR count). The van der Waals surface area contributed by atoms with Crippen molar-refractivity contribution in [2.75, 3.05) is 27.3 Å². The first kappa shape index (κ1) is 22.5. The summed E-state index contributed by atoms with van der Waals surface area (Å²) >= 11 is 0. The zero-order valence-electron chi connectivity index (χ0n) is 17.9. The molecule has 0 radical (unpaired) electrons. The van der Waals surface area contributed by atoms with Crippen molar-refractivity contribution >= 4 is 13.9 Å². The Balaban J connectivity index is 1.99. The molecule has 1 aromatic carbocycles. The van der Waals surface area contributed by atoms with Crippen LogP contribution in [0, 0.1) is 11.8 Å². The summed E-state index contributed by atoms with van der Waals surface area (Å²) < 4.78 is 27.7. The quantitative estimate of drug-likeness (QED) is 0.353. The fraction of sp³-hybridized carbons (Fsp3) is 0.545. The summed E-state index contributed by atoms with van der Waals surface area (Å²) in [6, 6.07) is 5.69. The lowest BCUT2D eigenvalue weighted by molar-refractivity contribution is -0.0571. The Bertz CT molecular complexity index is 740. The first-order chi connectivity index (χ1) is 13.1. The lowest BCUT2D eigenvalue weighted by Gasteiger charge is -2.36. The highest BCUT2D eigenvalue weighted by atomic mass is 28.4. The SMILES string of the molecule is C=C(C#CC(CCO[Si](C)(C)C(C)(C)C)OCOC)c1ccc2c(c1)OCO2. The van der Waals surface area contributed by atoms with E-state index in [0.717, 1.165) is 17.1 Å². The van der Waals surface area contributed by atoms with Crippen molar-refractivity contribution in [2.24, 2.45) is 0 Å². The molecule has 0 aliphatic carbocycles. The number of ether oxygens (including phenoxy) is 4. The van der Waals surface area contributed by atoms with Gasteiger partial charge in [0.15, 0.2) is 19.8 Å². The second-order valence-electron chi connectivity index (χ2n) is 8.28.